The van der Waals surface area contributed by atoms with Crippen LogP contribution in [-0.2, 0) is 5.54 Å². The molecule has 0 saturated heterocycles. The summed E-state index contributed by atoms with van der Waals surface area (Å²) in [4.78, 5) is 6.55. The van der Waals surface area contributed by atoms with E-state index in [1.54, 1.807) is 0 Å². The number of thioether (sulfide) groups is 1. The smallest absolute Gasteiger partial charge is 0.0876 e. The lowest BCUT2D eigenvalue weighted by Gasteiger charge is -2.36. The lowest BCUT2D eigenvalue weighted by Crippen LogP contribution is -2.28. The average Bonchev–Trinajstić information content (AvgIpc) is 2.39. The van der Waals surface area contributed by atoms with Crippen LogP contribution in [0.1, 0.15) is 58.4 Å². The molecule has 1 heterocycles. The van der Waals surface area contributed by atoms with Gasteiger partial charge in [-0.1, -0.05) is 63.6 Å². The van der Waals surface area contributed by atoms with Crippen molar-refractivity contribution in [2.75, 3.05) is 0 Å². The normalized spacial score (nSPS) is 17.2. The number of hydrogen-bond acceptors (Lipinski definition) is 2. The molecule has 0 fully saturated rings. The van der Waals surface area contributed by atoms with Crippen molar-refractivity contribution in [2.24, 2.45) is 4.99 Å². The third kappa shape index (κ3) is 2.49. The predicted molar refractivity (Wildman–Crippen MR) is 81.5 cm³/mol. The quantitative estimate of drug-likeness (QED) is 0.691. The van der Waals surface area contributed by atoms with Gasteiger partial charge in [-0.3, -0.25) is 4.99 Å². The lowest BCUT2D eigenvalue weighted by molar-refractivity contribution is 0.366. The fraction of sp³-hybridized carbons (Fsp3) is 0.562. The first-order valence-corrected chi connectivity index (χ1v) is 7.93. The van der Waals surface area contributed by atoms with E-state index in [1.807, 2.05) is 11.8 Å². The molecule has 0 atom stereocenters. The van der Waals surface area contributed by atoms with Crippen LogP contribution >= 0.6 is 11.8 Å². The Hall–Kier alpha value is -0.760. The van der Waals surface area contributed by atoms with Crippen LogP contribution in [0.4, 0.5) is 0 Å². The second kappa shape index (κ2) is 5.92. The van der Waals surface area contributed by atoms with Gasteiger partial charge in [-0.05, 0) is 30.9 Å². The molecule has 1 aromatic rings. The molecule has 2 rings (SSSR count). The largest absolute Gasteiger partial charge is 0.271 e. The second-order valence-corrected chi connectivity index (χ2v) is 6.10. The average molecular weight is 261 g/mol. The Labute approximate surface area is 115 Å². The van der Waals surface area contributed by atoms with Crippen molar-refractivity contribution in [3.05, 3.63) is 29.8 Å². The molecule has 2 heteroatoms. The van der Waals surface area contributed by atoms with E-state index >= 15 is 0 Å². The minimum Gasteiger partial charge on any atom is -0.271 e. The number of nitrogens with zero attached hydrogens (tertiary/aromatic N) is 1. The number of fused-ring (bicyclic) bond motifs is 1. The zero-order valence-corrected chi connectivity index (χ0v) is 12.5. The molecule has 0 radical (unpaired) electrons. The van der Waals surface area contributed by atoms with Gasteiger partial charge >= 0.3 is 0 Å². The summed E-state index contributed by atoms with van der Waals surface area (Å²) in [6.07, 6.45) is 5.77. The van der Waals surface area contributed by atoms with Crippen molar-refractivity contribution in [3.8, 4) is 0 Å². The Morgan fingerprint density at radius 1 is 1.06 bits per heavy atom. The Kier molecular flexibility index (Phi) is 4.50. The van der Waals surface area contributed by atoms with Gasteiger partial charge < -0.3 is 0 Å². The van der Waals surface area contributed by atoms with Gasteiger partial charge in [0, 0.05) is 4.90 Å². The van der Waals surface area contributed by atoms with Crippen LogP contribution in [-0.4, -0.2) is 5.04 Å². The molecule has 0 N–H and O–H groups in total. The topological polar surface area (TPSA) is 12.4 Å². The molecule has 0 amide bonds. The van der Waals surface area contributed by atoms with Crippen LogP contribution in [0.25, 0.3) is 0 Å². The molecule has 0 aromatic heterocycles. The molecule has 0 bridgehead atoms. The van der Waals surface area contributed by atoms with Crippen molar-refractivity contribution in [1.82, 2.24) is 0 Å². The van der Waals surface area contributed by atoms with E-state index in [2.05, 4.69) is 45.0 Å². The molecule has 1 nitrogen and oxygen atoms in total. The van der Waals surface area contributed by atoms with Crippen molar-refractivity contribution >= 4 is 16.8 Å². The van der Waals surface area contributed by atoms with Gasteiger partial charge in [0.1, 0.15) is 0 Å². The number of rotatable bonds is 5. The highest BCUT2D eigenvalue weighted by atomic mass is 32.2. The minimum atomic E-state index is 0.0523. The van der Waals surface area contributed by atoms with Gasteiger partial charge in [0.05, 0.1) is 10.6 Å². The molecule has 98 valence electrons. The fourth-order valence-corrected chi connectivity index (χ4v) is 4.01. The van der Waals surface area contributed by atoms with Crippen molar-refractivity contribution in [1.29, 1.82) is 0 Å². The predicted octanol–water partition coefficient (Wildman–Crippen LogP) is 5.40. The number of benzene rings is 1. The fourth-order valence-electron chi connectivity index (χ4n) is 2.87. The number of aliphatic imine (C=N–C) groups is 1. The molecule has 0 aliphatic carbocycles. The SMILES string of the molecule is CCCC1(CCC)N=C(CC)Sc2ccccc21. The van der Waals surface area contributed by atoms with Gasteiger partial charge in [-0.25, -0.2) is 0 Å². The summed E-state index contributed by atoms with van der Waals surface area (Å²) >= 11 is 1.86. The summed E-state index contributed by atoms with van der Waals surface area (Å²) in [6, 6.07) is 8.84. The maximum atomic E-state index is 5.13. The van der Waals surface area contributed by atoms with Crippen LogP contribution in [0.2, 0.25) is 0 Å². The molecular formula is C16H23NS. The Morgan fingerprint density at radius 2 is 1.72 bits per heavy atom. The zero-order chi connectivity index (χ0) is 13.0. The van der Waals surface area contributed by atoms with E-state index in [9.17, 15) is 0 Å². The van der Waals surface area contributed by atoms with Gasteiger partial charge in [-0.15, -0.1) is 0 Å². The van der Waals surface area contributed by atoms with E-state index in [1.165, 1.54) is 41.2 Å². The lowest BCUT2D eigenvalue weighted by atomic mass is 9.82. The Bertz CT molecular complexity index is 430. The van der Waals surface area contributed by atoms with Crippen molar-refractivity contribution in [3.63, 3.8) is 0 Å². The maximum Gasteiger partial charge on any atom is 0.0876 e. The maximum absolute atomic E-state index is 5.13. The monoisotopic (exact) mass is 261 g/mol. The first-order chi connectivity index (χ1) is 8.75. The first-order valence-electron chi connectivity index (χ1n) is 7.11. The van der Waals surface area contributed by atoms with Crippen molar-refractivity contribution in [2.45, 2.75) is 63.3 Å². The highest BCUT2D eigenvalue weighted by Gasteiger charge is 2.35. The van der Waals surface area contributed by atoms with Crippen LogP contribution in [0.3, 0.4) is 0 Å². The molecule has 1 aliphatic rings. The van der Waals surface area contributed by atoms with Gasteiger partial charge in [0.15, 0.2) is 0 Å². The highest BCUT2D eigenvalue weighted by molar-refractivity contribution is 8.14. The van der Waals surface area contributed by atoms with Crippen LogP contribution in [0.5, 0.6) is 0 Å². The summed E-state index contributed by atoms with van der Waals surface area (Å²) in [5.74, 6) is 0. The van der Waals surface area contributed by atoms with Gasteiger partial charge in [0.25, 0.3) is 0 Å². The van der Waals surface area contributed by atoms with E-state index < -0.39 is 0 Å². The third-order valence-electron chi connectivity index (χ3n) is 3.58. The molecule has 0 spiro atoms. The summed E-state index contributed by atoms with van der Waals surface area (Å²) in [7, 11) is 0. The molecule has 1 aromatic carbocycles. The van der Waals surface area contributed by atoms with E-state index in [0.717, 1.165) is 6.42 Å². The minimum absolute atomic E-state index is 0.0523. The third-order valence-corrected chi connectivity index (χ3v) is 4.78. The summed E-state index contributed by atoms with van der Waals surface area (Å²) in [5.41, 5.74) is 1.51. The van der Waals surface area contributed by atoms with E-state index in [-0.39, 0.29) is 5.54 Å². The number of hydrogen-bond donors (Lipinski definition) is 0. The molecular weight excluding hydrogens is 238 g/mol. The van der Waals surface area contributed by atoms with E-state index in [4.69, 9.17) is 4.99 Å². The Morgan fingerprint density at radius 3 is 2.33 bits per heavy atom. The van der Waals surface area contributed by atoms with Crippen LogP contribution in [0.15, 0.2) is 34.2 Å². The van der Waals surface area contributed by atoms with Gasteiger partial charge in [0.2, 0.25) is 0 Å². The zero-order valence-electron chi connectivity index (χ0n) is 11.7. The molecule has 0 saturated carbocycles. The molecule has 18 heavy (non-hydrogen) atoms. The van der Waals surface area contributed by atoms with Gasteiger partial charge in [-0.2, -0.15) is 0 Å². The standard InChI is InChI=1S/C16H23NS/c1-4-11-16(12-5-2)13-9-7-8-10-14(13)18-15(6-3)17-16/h7-10H,4-6,11-12H2,1-3H3. The summed E-state index contributed by atoms with van der Waals surface area (Å²) in [5, 5.41) is 1.30. The van der Waals surface area contributed by atoms with Crippen molar-refractivity contribution < 1.29 is 0 Å². The molecule has 1 aliphatic heterocycles. The first kappa shape index (κ1) is 13.7. The summed E-state index contributed by atoms with van der Waals surface area (Å²) < 4.78 is 0. The Balaban J connectivity index is 2.50. The van der Waals surface area contributed by atoms with Crippen LogP contribution < -0.4 is 0 Å². The van der Waals surface area contributed by atoms with Crippen LogP contribution in [0, 0.1) is 0 Å². The highest BCUT2D eigenvalue weighted by Crippen LogP contribution is 2.45. The summed E-state index contributed by atoms with van der Waals surface area (Å²) in [6.45, 7) is 6.74. The second-order valence-electron chi connectivity index (χ2n) is 4.99. The van der Waals surface area contributed by atoms with E-state index in [0.29, 0.717) is 0 Å². The molecule has 0 unspecified atom stereocenters.